The van der Waals surface area contributed by atoms with Crippen molar-refractivity contribution < 1.29 is 9.53 Å². The van der Waals surface area contributed by atoms with E-state index < -0.39 is 0 Å². The molecule has 2 saturated carbocycles. The van der Waals surface area contributed by atoms with Gasteiger partial charge in [0.1, 0.15) is 5.78 Å². The Balaban J connectivity index is 1.70. The van der Waals surface area contributed by atoms with Crippen LogP contribution in [0.15, 0.2) is 0 Å². The molecule has 0 bridgehead atoms. The lowest BCUT2D eigenvalue weighted by Crippen LogP contribution is -2.42. The molecule has 2 unspecified atom stereocenters. The summed E-state index contributed by atoms with van der Waals surface area (Å²) in [7, 11) is 0. The second kappa shape index (κ2) is 4.87. The normalized spacial score (nSPS) is 36.7. The molecule has 0 aromatic heterocycles. The first-order valence-corrected chi connectivity index (χ1v) is 8.20. The zero-order chi connectivity index (χ0) is 13.5. The van der Waals surface area contributed by atoms with Gasteiger partial charge in [-0.2, -0.15) is 0 Å². The van der Waals surface area contributed by atoms with Crippen LogP contribution < -0.4 is 0 Å². The second-order valence-electron chi connectivity index (χ2n) is 7.76. The highest BCUT2D eigenvalue weighted by molar-refractivity contribution is 5.84. The van der Waals surface area contributed by atoms with E-state index in [1.807, 2.05) is 0 Å². The molecule has 2 aliphatic carbocycles. The van der Waals surface area contributed by atoms with Gasteiger partial charge in [0.05, 0.1) is 5.60 Å². The Hall–Kier alpha value is -0.370. The number of ketones is 1. The molecule has 0 radical (unpaired) electrons. The van der Waals surface area contributed by atoms with Crippen LogP contribution in [0.4, 0.5) is 0 Å². The molecule has 1 saturated heterocycles. The third-order valence-electron chi connectivity index (χ3n) is 6.01. The molecule has 0 aromatic carbocycles. The number of ether oxygens (including phenoxy) is 1. The smallest absolute Gasteiger partial charge is 0.139 e. The van der Waals surface area contributed by atoms with Crippen LogP contribution in [-0.2, 0) is 9.53 Å². The molecule has 19 heavy (non-hydrogen) atoms. The highest BCUT2D eigenvalue weighted by Crippen LogP contribution is 2.48. The fraction of sp³-hybridized carbons (Fsp3) is 0.941. The van der Waals surface area contributed by atoms with Crippen molar-refractivity contribution in [3.05, 3.63) is 0 Å². The van der Waals surface area contributed by atoms with Crippen molar-refractivity contribution in [2.24, 2.45) is 17.3 Å². The van der Waals surface area contributed by atoms with Crippen LogP contribution in [-0.4, -0.2) is 18.0 Å². The molecule has 0 N–H and O–H groups in total. The molecule has 108 valence electrons. The van der Waals surface area contributed by atoms with Crippen LogP contribution in [0.25, 0.3) is 0 Å². The van der Waals surface area contributed by atoms with Gasteiger partial charge in [0.25, 0.3) is 0 Å². The summed E-state index contributed by atoms with van der Waals surface area (Å²) in [6, 6.07) is 0. The predicted octanol–water partition coefficient (Wildman–Crippen LogP) is 4.12. The topological polar surface area (TPSA) is 26.3 Å². The largest absolute Gasteiger partial charge is 0.375 e. The van der Waals surface area contributed by atoms with E-state index >= 15 is 0 Å². The number of rotatable bonds is 2. The number of carbonyl (C=O) groups excluding carboxylic acids is 1. The van der Waals surface area contributed by atoms with E-state index in [0.29, 0.717) is 11.7 Å². The first kappa shape index (κ1) is 13.6. The van der Waals surface area contributed by atoms with Crippen molar-refractivity contribution in [3.8, 4) is 0 Å². The van der Waals surface area contributed by atoms with E-state index in [-0.39, 0.29) is 16.9 Å². The predicted molar refractivity (Wildman–Crippen MR) is 76.0 cm³/mol. The van der Waals surface area contributed by atoms with Crippen LogP contribution in [0.2, 0.25) is 0 Å². The molecule has 3 aliphatic rings. The second-order valence-corrected chi connectivity index (χ2v) is 7.76. The van der Waals surface area contributed by atoms with Crippen LogP contribution in [0, 0.1) is 17.3 Å². The molecule has 2 nitrogen and oxygen atoms in total. The highest BCUT2D eigenvalue weighted by Gasteiger charge is 2.46. The first-order valence-electron chi connectivity index (χ1n) is 8.20. The quantitative estimate of drug-likeness (QED) is 0.750. The Morgan fingerprint density at radius 3 is 2.42 bits per heavy atom. The average Bonchev–Trinajstić information content (AvgIpc) is 2.95. The van der Waals surface area contributed by atoms with E-state index in [4.69, 9.17) is 4.74 Å². The van der Waals surface area contributed by atoms with Crippen LogP contribution >= 0.6 is 0 Å². The van der Waals surface area contributed by atoms with Crippen molar-refractivity contribution in [1.29, 1.82) is 0 Å². The zero-order valence-electron chi connectivity index (χ0n) is 12.5. The number of carbonyl (C=O) groups is 1. The molecule has 1 heterocycles. The van der Waals surface area contributed by atoms with Gasteiger partial charge in [-0.05, 0) is 43.9 Å². The van der Waals surface area contributed by atoms with E-state index in [0.717, 1.165) is 25.9 Å². The van der Waals surface area contributed by atoms with Gasteiger partial charge in [-0.3, -0.25) is 4.79 Å². The monoisotopic (exact) mass is 264 g/mol. The Kier molecular flexibility index (Phi) is 3.49. The maximum absolute atomic E-state index is 12.9. The summed E-state index contributed by atoms with van der Waals surface area (Å²) in [5, 5.41) is 0. The van der Waals surface area contributed by atoms with Gasteiger partial charge >= 0.3 is 0 Å². The molecule has 0 amide bonds. The minimum atomic E-state index is 0.0846. The third kappa shape index (κ3) is 2.49. The Labute approximate surface area is 117 Å². The van der Waals surface area contributed by atoms with E-state index in [1.165, 1.54) is 38.5 Å². The summed E-state index contributed by atoms with van der Waals surface area (Å²) in [6.45, 7) is 5.38. The standard InChI is InChI=1S/C17H28O2/c1-16(2)8-5-6-14(16)15(18)13-7-11-19-17(12-13)9-3-4-10-17/h13-14H,3-12H2,1-2H3. The fourth-order valence-corrected chi connectivity index (χ4v) is 4.78. The van der Waals surface area contributed by atoms with Crippen LogP contribution in [0.3, 0.4) is 0 Å². The summed E-state index contributed by atoms with van der Waals surface area (Å²) in [5.74, 6) is 1.17. The SMILES string of the molecule is CC1(C)CCCC1C(=O)C1CCOC2(CCCC2)C1. The first-order chi connectivity index (χ1) is 9.03. The summed E-state index contributed by atoms with van der Waals surface area (Å²) in [5.41, 5.74) is 0.319. The zero-order valence-corrected chi connectivity index (χ0v) is 12.5. The van der Waals surface area contributed by atoms with Gasteiger partial charge in [-0.25, -0.2) is 0 Å². The maximum atomic E-state index is 12.9. The van der Waals surface area contributed by atoms with Crippen molar-refractivity contribution in [2.75, 3.05) is 6.61 Å². The average molecular weight is 264 g/mol. The minimum absolute atomic E-state index is 0.0846. The van der Waals surface area contributed by atoms with Gasteiger partial charge in [-0.15, -0.1) is 0 Å². The van der Waals surface area contributed by atoms with Crippen molar-refractivity contribution in [1.82, 2.24) is 0 Å². The Bertz CT molecular complexity index is 352. The number of hydrogen-bond donors (Lipinski definition) is 0. The number of hydrogen-bond acceptors (Lipinski definition) is 2. The molecule has 1 aliphatic heterocycles. The molecule has 3 fully saturated rings. The van der Waals surface area contributed by atoms with Gasteiger partial charge in [0.2, 0.25) is 0 Å². The number of Topliss-reactive ketones (excluding diaryl/α,β-unsaturated/α-hetero) is 1. The van der Waals surface area contributed by atoms with Crippen molar-refractivity contribution in [2.45, 2.75) is 77.2 Å². The Morgan fingerprint density at radius 2 is 1.79 bits per heavy atom. The van der Waals surface area contributed by atoms with Crippen LogP contribution in [0.5, 0.6) is 0 Å². The molecule has 0 aromatic rings. The lowest BCUT2D eigenvalue weighted by Gasteiger charge is -2.39. The van der Waals surface area contributed by atoms with Gasteiger partial charge in [0.15, 0.2) is 0 Å². The van der Waals surface area contributed by atoms with Gasteiger partial charge in [0, 0.05) is 18.4 Å². The molecular weight excluding hydrogens is 236 g/mol. The summed E-state index contributed by atoms with van der Waals surface area (Å²) in [6.07, 6.45) is 10.5. The van der Waals surface area contributed by atoms with E-state index in [1.54, 1.807) is 0 Å². The maximum Gasteiger partial charge on any atom is 0.139 e. The van der Waals surface area contributed by atoms with Gasteiger partial charge < -0.3 is 4.74 Å². The van der Waals surface area contributed by atoms with E-state index in [9.17, 15) is 4.79 Å². The summed E-state index contributed by atoms with van der Waals surface area (Å²) >= 11 is 0. The molecular formula is C17H28O2. The van der Waals surface area contributed by atoms with Gasteiger partial charge in [-0.1, -0.05) is 33.1 Å². The lowest BCUT2D eigenvalue weighted by molar-refractivity contribution is -0.142. The summed E-state index contributed by atoms with van der Waals surface area (Å²) in [4.78, 5) is 12.9. The lowest BCUT2D eigenvalue weighted by atomic mass is 9.72. The summed E-state index contributed by atoms with van der Waals surface area (Å²) < 4.78 is 6.07. The molecule has 2 atom stereocenters. The highest BCUT2D eigenvalue weighted by atomic mass is 16.5. The van der Waals surface area contributed by atoms with Crippen molar-refractivity contribution in [3.63, 3.8) is 0 Å². The Morgan fingerprint density at radius 1 is 1.05 bits per heavy atom. The molecule has 1 spiro atoms. The fourth-order valence-electron chi connectivity index (χ4n) is 4.78. The minimum Gasteiger partial charge on any atom is -0.375 e. The third-order valence-corrected chi connectivity index (χ3v) is 6.01. The molecule has 3 rings (SSSR count). The van der Waals surface area contributed by atoms with E-state index in [2.05, 4.69) is 13.8 Å². The van der Waals surface area contributed by atoms with Crippen molar-refractivity contribution >= 4 is 5.78 Å². The molecule has 2 heteroatoms. The van der Waals surface area contributed by atoms with Crippen LogP contribution in [0.1, 0.15) is 71.6 Å².